The van der Waals surface area contributed by atoms with Crippen LogP contribution in [0.15, 0.2) is 70.2 Å². The standard InChI is InChI=1S/C23H17BrCl2N2O/c1-13-2-4-15(5-3-13)23-28-21(18-10-17(25)11-19(26)22(18)29-23)12-20(27-28)14-6-8-16(24)9-7-14/h2-11,21,23H,12H2,1H3/t21-,23+/m0/s1. The van der Waals surface area contributed by atoms with Crippen LogP contribution in [0.1, 0.15) is 40.9 Å². The van der Waals surface area contributed by atoms with Gasteiger partial charge in [-0.25, -0.2) is 5.01 Å². The van der Waals surface area contributed by atoms with Crippen LogP contribution in [0.25, 0.3) is 0 Å². The van der Waals surface area contributed by atoms with Crippen LogP contribution in [0.2, 0.25) is 10.0 Å². The van der Waals surface area contributed by atoms with Gasteiger partial charge in [0.2, 0.25) is 6.23 Å². The maximum absolute atomic E-state index is 6.52. The summed E-state index contributed by atoms with van der Waals surface area (Å²) in [6.45, 7) is 2.07. The summed E-state index contributed by atoms with van der Waals surface area (Å²) < 4.78 is 7.43. The fraction of sp³-hybridized carbons (Fsp3) is 0.174. The minimum absolute atomic E-state index is 0.0138. The summed E-state index contributed by atoms with van der Waals surface area (Å²) in [5.41, 5.74) is 5.33. The molecule has 0 saturated carbocycles. The lowest BCUT2D eigenvalue weighted by molar-refractivity contribution is -0.0189. The highest BCUT2D eigenvalue weighted by molar-refractivity contribution is 9.10. The van der Waals surface area contributed by atoms with Gasteiger partial charge in [0.25, 0.3) is 0 Å². The van der Waals surface area contributed by atoms with Gasteiger partial charge >= 0.3 is 0 Å². The highest BCUT2D eigenvalue weighted by Gasteiger charge is 2.42. The fourth-order valence-electron chi connectivity index (χ4n) is 3.88. The number of fused-ring (bicyclic) bond motifs is 3. The Hall–Kier alpha value is -2.01. The Labute approximate surface area is 188 Å². The van der Waals surface area contributed by atoms with E-state index in [2.05, 4.69) is 59.3 Å². The van der Waals surface area contributed by atoms with E-state index in [1.54, 1.807) is 6.07 Å². The Morgan fingerprint density at radius 2 is 1.76 bits per heavy atom. The van der Waals surface area contributed by atoms with Crippen molar-refractivity contribution in [3.63, 3.8) is 0 Å². The molecule has 0 amide bonds. The molecule has 0 saturated heterocycles. The summed E-state index contributed by atoms with van der Waals surface area (Å²) in [5.74, 6) is 0.690. The van der Waals surface area contributed by atoms with Crippen molar-refractivity contribution in [1.29, 1.82) is 0 Å². The molecule has 2 aliphatic rings. The van der Waals surface area contributed by atoms with Crippen molar-refractivity contribution >= 4 is 44.8 Å². The second-order valence-electron chi connectivity index (χ2n) is 7.34. The molecule has 0 N–H and O–H groups in total. The first-order valence-corrected chi connectivity index (χ1v) is 10.9. The number of rotatable bonds is 2. The average molecular weight is 488 g/mol. The molecule has 0 unspecified atom stereocenters. The van der Waals surface area contributed by atoms with E-state index >= 15 is 0 Å². The zero-order chi connectivity index (χ0) is 20.1. The summed E-state index contributed by atoms with van der Waals surface area (Å²) in [4.78, 5) is 0. The second kappa shape index (κ2) is 7.35. The van der Waals surface area contributed by atoms with Crippen LogP contribution < -0.4 is 4.74 Å². The van der Waals surface area contributed by atoms with Crippen molar-refractivity contribution < 1.29 is 4.74 Å². The predicted molar refractivity (Wildman–Crippen MR) is 121 cm³/mol. The Balaban J connectivity index is 1.62. The van der Waals surface area contributed by atoms with Gasteiger partial charge in [0.15, 0.2) is 0 Å². The lowest BCUT2D eigenvalue weighted by Gasteiger charge is -2.38. The van der Waals surface area contributed by atoms with Crippen molar-refractivity contribution in [3.8, 4) is 5.75 Å². The number of benzene rings is 3. The second-order valence-corrected chi connectivity index (χ2v) is 9.10. The molecule has 0 radical (unpaired) electrons. The van der Waals surface area contributed by atoms with Crippen molar-refractivity contribution in [2.75, 3.05) is 0 Å². The van der Waals surface area contributed by atoms with Crippen LogP contribution in [-0.2, 0) is 0 Å². The van der Waals surface area contributed by atoms with Crippen molar-refractivity contribution in [3.05, 3.63) is 97.4 Å². The van der Waals surface area contributed by atoms with Crippen LogP contribution >= 0.6 is 39.1 Å². The van der Waals surface area contributed by atoms with Gasteiger partial charge in [-0.1, -0.05) is 81.1 Å². The van der Waals surface area contributed by atoms with E-state index in [1.807, 2.05) is 23.2 Å². The van der Waals surface area contributed by atoms with Crippen LogP contribution in [0.3, 0.4) is 0 Å². The lowest BCUT2D eigenvalue weighted by Crippen LogP contribution is -2.33. The monoisotopic (exact) mass is 486 g/mol. The predicted octanol–water partition coefficient (Wildman–Crippen LogP) is 7.31. The minimum atomic E-state index is -0.347. The summed E-state index contributed by atoms with van der Waals surface area (Å²) in [6.07, 6.45) is 0.413. The van der Waals surface area contributed by atoms with E-state index in [4.69, 9.17) is 33.0 Å². The average Bonchev–Trinajstić information content (AvgIpc) is 3.14. The number of aryl methyl sites for hydroxylation is 1. The molecule has 0 aliphatic carbocycles. The van der Waals surface area contributed by atoms with Gasteiger partial charge in [-0.15, -0.1) is 0 Å². The van der Waals surface area contributed by atoms with Gasteiger partial charge in [-0.05, 0) is 36.8 Å². The number of ether oxygens (including phenoxy) is 1. The highest BCUT2D eigenvalue weighted by Crippen LogP contribution is 2.50. The van der Waals surface area contributed by atoms with Crippen LogP contribution in [-0.4, -0.2) is 10.7 Å². The van der Waals surface area contributed by atoms with E-state index in [0.29, 0.717) is 15.8 Å². The van der Waals surface area contributed by atoms with Gasteiger partial charge < -0.3 is 4.74 Å². The molecule has 2 atom stereocenters. The Morgan fingerprint density at radius 1 is 1.03 bits per heavy atom. The maximum atomic E-state index is 6.52. The molecule has 146 valence electrons. The number of hydrazone groups is 1. The largest absolute Gasteiger partial charge is 0.463 e. The van der Waals surface area contributed by atoms with E-state index < -0.39 is 0 Å². The summed E-state index contributed by atoms with van der Waals surface area (Å²) in [6, 6.07) is 20.2. The SMILES string of the molecule is Cc1ccc([C@H]2Oc3c(Cl)cc(Cl)cc3[C@@H]3CC(c4ccc(Br)cc4)=NN23)cc1. The minimum Gasteiger partial charge on any atom is -0.463 e. The molecule has 29 heavy (non-hydrogen) atoms. The van der Waals surface area contributed by atoms with Gasteiger partial charge in [0, 0.05) is 27.0 Å². The van der Waals surface area contributed by atoms with E-state index in [-0.39, 0.29) is 12.3 Å². The first-order chi connectivity index (χ1) is 14.0. The van der Waals surface area contributed by atoms with E-state index in [1.165, 1.54) is 5.56 Å². The summed E-state index contributed by atoms with van der Waals surface area (Å²) >= 11 is 16.3. The molecule has 0 aromatic heterocycles. The number of hydrogen-bond acceptors (Lipinski definition) is 3. The molecule has 3 aromatic carbocycles. The third-order valence-electron chi connectivity index (χ3n) is 5.35. The third-order valence-corrected chi connectivity index (χ3v) is 6.38. The van der Waals surface area contributed by atoms with Crippen LogP contribution in [0.5, 0.6) is 5.75 Å². The van der Waals surface area contributed by atoms with Crippen molar-refractivity contribution in [2.45, 2.75) is 25.6 Å². The van der Waals surface area contributed by atoms with E-state index in [9.17, 15) is 0 Å². The molecule has 0 bridgehead atoms. The third kappa shape index (κ3) is 3.43. The Morgan fingerprint density at radius 3 is 2.48 bits per heavy atom. The number of nitrogens with zero attached hydrogens (tertiary/aromatic N) is 2. The highest BCUT2D eigenvalue weighted by atomic mass is 79.9. The zero-order valence-corrected chi connectivity index (χ0v) is 18.7. The fourth-order valence-corrected chi connectivity index (χ4v) is 4.70. The molecular formula is C23H17BrCl2N2O. The molecule has 6 heteroatoms. The molecule has 0 fully saturated rings. The Kier molecular flexibility index (Phi) is 4.81. The van der Waals surface area contributed by atoms with Gasteiger partial charge in [-0.2, -0.15) is 5.10 Å². The van der Waals surface area contributed by atoms with Gasteiger partial charge in [0.05, 0.1) is 16.8 Å². The van der Waals surface area contributed by atoms with Crippen molar-refractivity contribution in [2.24, 2.45) is 5.10 Å². The van der Waals surface area contributed by atoms with Gasteiger partial charge in [-0.3, -0.25) is 0 Å². The van der Waals surface area contributed by atoms with Crippen LogP contribution in [0, 0.1) is 6.92 Å². The summed E-state index contributed by atoms with van der Waals surface area (Å²) in [5, 5.41) is 8.14. The molecule has 2 aliphatic heterocycles. The smallest absolute Gasteiger partial charge is 0.213 e. The first-order valence-electron chi connectivity index (χ1n) is 9.33. The molecular weight excluding hydrogens is 471 g/mol. The number of halogens is 3. The van der Waals surface area contributed by atoms with Crippen molar-refractivity contribution in [1.82, 2.24) is 5.01 Å². The summed E-state index contributed by atoms with van der Waals surface area (Å²) in [7, 11) is 0. The molecule has 0 spiro atoms. The number of hydrogen-bond donors (Lipinski definition) is 0. The molecule has 2 heterocycles. The molecule has 3 aromatic rings. The van der Waals surface area contributed by atoms with Gasteiger partial charge in [0.1, 0.15) is 5.75 Å². The topological polar surface area (TPSA) is 24.8 Å². The maximum Gasteiger partial charge on any atom is 0.213 e. The zero-order valence-electron chi connectivity index (χ0n) is 15.6. The molecule has 5 rings (SSSR count). The van der Waals surface area contributed by atoms with E-state index in [0.717, 1.165) is 33.3 Å². The lowest BCUT2D eigenvalue weighted by atomic mass is 9.96. The first kappa shape index (κ1) is 19.0. The Bertz CT molecular complexity index is 1110. The quantitative estimate of drug-likeness (QED) is 0.378. The normalized spacial score (nSPS) is 20.0. The molecule has 3 nitrogen and oxygen atoms in total. The van der Waals surface area contributed by atoms with Crippen LogP contribution in [0.4, 0.5) is 0 Å².